The first kappa shape index (κ1) is 35.9. The summed E-state index contributed by atoms with van der Waals surface area (Å²) >= 11 is 0. The van der Waals surface area contributed by atoms with Gasteiger partial charge in [0.2, 0.25) is 25.6 Å². The van der Waals surface area contributed by atoms with Gasteiger partial charge in [-0.1, -0.05) is 36.4 Å². The summed E-state index contributed by atoms with van der Waals surface area (Å²) in [4.78, 5) is 17.2. The highest BCUT2D eigenvalue weighted by Gasteiger charge is 2.27. The summed E-state index contributed by atoms with van der Waals surface area (Å²) in [6, 6.07) is 26.5. The fraction of sp³-hybridized carbons (Fsp3) is 0.306. The largest absolute Gasteiger partial charge is 0.490 e. The Balaban J connectivity index is 0.000000191. The van der Waals surface area contributed by atoms with E-state index in [2.05, 4.69) is 15.5 Å². The molecule has 0 aromatic heterocycles. The summed E-state index contributed by atoms with van der Waals surface area (Å²) in [6.45, 7) is 4.55. The zero-order valence-electron chi connectivity index (χ0n) is 27.7. The number of rotatable bonds is 11. The summed E-state index contributed by atoms with van der Waals surface area (Å²) in [5.74, 6) is 1.21. The predicted molar refractivity (Wildman–Crippen MR) is 189 cm³/mol. The number of hydrogen-bond acceptors (Lipinski definition) is 10. The van der Waals surface area contributed by atoms with Crippen LogP contribution in [0.1, 0.15) is 12.8 Å². The molecule has 260 valence electrons. The molecular weight excluding hydrogens is 665 g/mol. The quantitative estimate of drug-likeness (QED) is 0.219. The number of carbonyl (C=O) groups is 1. The van der Waals surface area contributed by atoms with Crippen LogP contribution in [0.15, 0.2) is 117 Å². The second-order valence-corrected chi connectivity index (χ2v) is 15.3. The monoisotopic (exact) mass is 706 g/mol. The normalized spacial score (nSPS) is 14.0. The van der Waals surface area contributed by atoms with Crippen molar-refractivity contribution in [3.05, 3.63) is 97.1 Å². The van der Waals surface area contributed by atoms with Gasteiger partial charge in [-0.3, -0.25) is 4.79 Å². The molecule has 6 rings (SSSR count). The van der Waals surface area contributed by atoms with Crippen LogP contribution < -0.4 is 29.9 Å². The first-order valence-corrected chi connectivity index (χ1v) is 19.1. The number of benzene rings is 4. The maximum atomic E-state index is 12.8. The Morgan fingerprint density at radius 3 is 1.71 bits per heavy atom. The van der Waals surface area contributed by atoms with Gasteiger partial charge in [-0.2, -0.15) is 0 Å². The third-order valence-corrected chi connectivity index (χ3v) is 11.7. The fourth-order valence-electron chi connectivity index (χ4n) is 5.56. The van der Waals surface area contributed by atoms with Crippen molar-refractivity contribution in [3.63, 3.8) is 0 Å². The minimum atomic E-state index is -3.64. The molecule has 2 N–H and O–H groups in total. The maximum Gasteiger partial charge on any atom is 0.228 e. The molecule has 0 saturated heterocycles. The van der Waals surface area contributed by atoms with Gasteiger partial charge >= 0.3 is 0 Å². The van der Waals surface area contributed by atoms with Gasteiger partial charge in [-0.05, 0) is 87.7 Å². The molecular formula is C36H42N4O7S2. The minimum Gasteiger partial charge on any atom is -0.490 e. The van der Waals surface area contributed by atoms with Crippen molar-refractivity contribution in [2.75, 3.05) is 69.8 Å². The van der Waals surface area contributed by atoms with E-state index in [-0.39, 0.29) is 15.7 Å². The summed E-state index contributed by atoms with van der Waals surface area (Å²) in [5, 5.41) is 6.08. The lowest BCUT2D eigenvalue weighted by molar-refractivity contribution is -0.118. The van der Waals surface area contributed by atoms with Crippen molar-refractivity contribution in [2.45, 2.75) is 32.4 Å². The predicted octanol–water partition coefficient (Wildman–Crippen LogP) is 4.18. The van der Waals surface area contributed by atoms with E-state index in [1.807, 2.05) is 13.1 Å². The van der Waals surface area contributed by atoms with Crippen molar-refractivity contribution in [3.8, 4) is 11.5 Å². The maximum absolute atomic E-state index is 12.8. The SMILES string of the molecule is CNCCC(=O)N1CCOc2ccc(S(=O)(=O)c3ccccc3)cc21.CNCCCN1CCOc2ccc(S(=O)(=O)c3ccccc3)cc21. The molecule has 0 unspecified atom stereocenters. The number of carbonyl (C=O) groups excluding carboxylic acids is 1. The molecule has 4 aromatic carbocycles. The highest BCUT2D eigenvalue weighted by atomic mass is 32.2. The van der Waals surface area contributed by atoms with E-state index in [4.69, 9.17) is 9.47 Å². The summed E-state index contributed by atoms with van der Waals surface area (Å²) < 4.78 is 62.5. The van der Waals surface area contributed by atoms with Crippen LogP contribution in [-0.4, -0.2) is 82.8 Å². The number of ether oxygens (including phenoxy) is 2. The smallest absolute Gasteiger partial charge is 0.228 e. The van der Waals surface area contributed by atoms with Gasteiger partial charge in [0.1, 0.15) is 24.7 Å². The van der Waals surface area contributed by atoms with E-state index in [1.165, 1.54) is 12.1 Å². The van der Waals surface area contributed by atoms with Crippen LogP contribution in [0.25, 0.3) is 0 Å². The van der Waals surface area contributed by atoms with Crippen LogP contribution in [0.2, 0.25) is 0 Å². The summed E-state index contributed by atoms with van der Waals surface area (Å²) in [5.41, 5.74) is 1.36. The Morgan fingerprint density at radius 2 is 1.16 bits per heavy atom. The highest BCUT2D eigenvalue weighted by molar-refractivity contribution is 7.91. The first-order valence-electron chi connectivity index (χ1n) is 16.2. The van der Waals surface area contributed by atoms with Gasteiger partial charge < -0.3 is 29.9 Å². The van der Waals surface area contributed by atoms with E-state index in [1.54, 1.807) is 90.8 Å². The molecule has 0 atom stereocenters. The molecule has 0 bridgehead atoms. The molecule has 0 fully saturated rings. The van der Waals surface area contributed by atoms with Crippen LogP contribution in [0.4, 0.5) is 11.4 Å². The first-order chi connectivity index (χ1) is 23.7. The zero-order chi connectivity index (χ0) is 34.9. The van der Waals surface area contributed by atoms with Crippen molar-refractivity contribution in [1.29, 1.82) is 0 Å². The fourth-order valence-corrected chi connectivity index (χ4v) is 8.16. The standard InChI is InChI=1S/C18H20N2O4S.C18H22N2O3S/c1-19-10-9-18(21)20-11-12-24-17-8-7-15(13-16(17)20)25(22,23)14-5-3-2-4-6-14;1-19-10-5-11-20-12-13-23-18-9-8-16(14-17(18)20)24(21,22)15-6-3-2-4-7-15/h2-8,13,19H,9-12H2,1H3;2-4,6-9,14,19H,5,10-13H2,1H3. The van der Waals surface area contributed by atoms with Gasteiger partial charge in [0.05, 0.1) is 44.0 Å². The Bertz CT molecular complexity index is 1940. The number of nitrogens with zero attached hydrogens (tertiary/aromatic N) is 2. The third kappa shape index (κ3) is 8.42. The van der Waals surface area contributed by atoms with Crippen LogP contribution in [0, 0.1) is 0 Å². The number of anilines is 2. The number of hydrogen-bond donors (Lipinski definition) is 2. The molecule has 4 aromatic rings. The number of fused-ring (bicyclic) bond motifs is 2. The molecule has 13 heteroatoms. The van der Waals surface area contributed by atoms with Gasteiger partial charge in [0.15, 0.2) is 0 Å². The number of nitrogens with one attached hydrogen (secondary N) is 2. The van der Waals surface area contributed by atoms with E-state index in [9.17, 15) is 21.6 Å². The molecule has 2 heterocycles. The van der Waals surface area contributed by atoms with Gasteiger partial charge in [0.25, 0.3) is 0 Å². The van der Waals surface area contributed by atoms with E-state index in [0.717, 1.165) is 37.5 Å². The Kier molecular flexibility index (Phi) is 11.9. The average Bonchev–Trinajstić information content (AvgIpc) is 3.14. The van der Waals surface area contributed by atoms with Crippen molar-refractivity contribution in [2.24, 2.45) is 0 Å². The van der Waals surface area contributed by atoms with Crippen molar-refractivity contribution < 1.29 is 31.1 Å². The molecule has 1 amide bonds. The summed E-state index contributed by atoms with van der Waals surface area (Å²) in [6.07, 6.45) is 1.33. The highest BCUT2D eigenvalue weighted by Crippen LogP contribution is 2.37. The zero-order valence-corrected chi connectivity index (χ0v) is 29.3. The lowest BCUT2D eigenvalue weighted by Crippen LogP contribution is -2.39. The van der Waals surface area contributed by atoms with E-state index >= 15 is 0 Å². The Hall–Kier alpha value is -4.43. The van der Waals surface area contributed by atoms with Crippen LogP contribution >= 0.6 is 0 Å². The molecule has 2 aliphatic heterocycles. The van der Waals surface area contributed by atoms with Crippen LogP contribution in [0.5, 0.6) is 11.5 Å². The van der Waals surface area contributed by atoms with Crippen molar-refractivity contribution in [1.82, 2.24) is 10.6 Å². The number of amides is 1. The van der Waals surface area contributed by atoms with Gasteiger partial charge in [-0.15, -0.1) is 0 Å². The summed E-state index contributed by atoms with van der Waals surface area (Å²) in [7, 11) is -3.45. The van der Waals surface area contributed by atoms with Crippen LogP contribution in [0.3, 0.4) is 0 Å². The molecule has 2 aliphatic rings. The molecule has 0 saturated carbocycles. The molecule has 0 radical (unpaired) electrons. The van der Waals surface area contributed by atoms with E-state index in [0.29, 0.717) is 54.0 Å². The lowest BCUT2D eigenvalue weighted by atomic mass is 10.2. The molecule has 0 spiro atoms. The van der Waals surface area contributed by atoms with Crippen LogP contribution in [-0.2, 0) is 24.5 Å². The second-order valence-electron chi connectivity index (χ2n) is 11.4. The molecule has 0 aliphatic carbocycles. The molecule has 11 nitrogen and oxygen atoms in total. The van der Waals surface area contributed by atoms with Gasteiger partial charge in [-0.25, -0.2) is 16.8 Å². The lowest BCUT2D eigenvalue weighted by Gasteiger charge is -2.31. The third-order valence-electron chi connectivity index (χ3n) is 8.16. The minimum absolute atomic E-state index is 0.0619. The van der Waals surface area contributed by atoms with Crippen molar-refractivity contribution >= 4 is 37.0 Å². The topological polar surface area (TPSA) is 134 Å². The van der Waals surface area contributed by atoms with Gasteiger partial charge in [0, 0.05) is 19.5 Å². The Labute approximate surface area is 288 Å². The van der Waals surface area contributed by atoms with E-state index < -0.39 is 19.7 Å². The molecule has 49 heavy (non-hydrogen) atoms. The number of sulfone groups is 2. The Morgan fingerprint density at radius 1 is 0.653 bits per heavy atom. The average molecular weight is 707 g/mol. The second kappa shape index (κ2) is 16.3.